The monoisotopic (exact) mass is 422 g/mol. The van der Waals surface area contributed by atoms with Crippen molar-refractivity contribution in [2.75, 3.05) is 17.1 Å². The predicted octanol–water partition coefficient (Wildman–Crippen LogP) is 4.67. The van der Waals surface area contributed by atoms with Crippen molar-refractivity contribution >= 4 is 33.4 Å². The van der Waals surface area contributed by atoms with Gasteiger partial charge in [0.15, 0.2) is 0 Å². The van der Waals surface area contributed by atoms with Gasteiger partial charge in [-0.1, -0.05) is 48.0 Å². The molecule has 0 aromatic heterocycles. The van der Waals surface area contributed by atoms with E-state index >= 15 is 0 Å². The summed E-state index contributed by atoms with van der Waals surface area (Å²) in [6.07, 6.45) is 1.50. The summed E-state index contributed by atoms with van der Waals surface area (Å²) in [4.78, 5) is 12.7. The Labute approximate surface area is 176 Å². The summed E-state index contributed by atoms with van der Waals surface area (Å²) in [6, 6.07) is 20.8. The van der Waals surface area contributed by atoms with Crippen LogP contribution in [0.4, 0.5) is 11.4 Å². The largest absolute Gasteiger partial charge is 0.497 e. The zero-order valence-corrected chi connectivity index (χ0v) is 17.4. The van der Waals surface area contributed by atoms with Crippen molar-refractivity contribution < 1.29 is 17.9 Å². The molecule has 7 heteroatoms. The lowest BCUT2D eigenvalue weighted by Gasteiger charge is -2.12. The minimum atomic E-state index is -3.81. The number of nitrogens with one attached hydrogen (secondary N) is 2. The van der Waals surface area contributed by atoms with Gasteiger partial charge in [-0.3, -0.25) is 9.52 Å². The zero-order valence-electron chi connectivity index (χ0n) is 16.6. The van der Waals surface area contributed by atoms with Crippen LogP contribution in [0.15, 0.2) is 78.2 Å². The molecule has 0 atom stereocenters. The Hall–Kier alpha value is -3.58. The van der Waals surface area contributed by atoms with E-state index in [1.807, 2.05) is 31.2 Å². The Morgan fingerprint density at radius 1 is 0.967 bits per heavy atom. The molecule has 0 radical (unpaired) electrons. The molecule has 0 aliphatic carbocycles. The second kappa shape index (κ2) is 9.28. The van der Waals surface area contributed by atoms with E-state index in [2.05, 4.69) is 10.0 Å². The van der Waals surface area contributed by atoms with Crippen LogP contribution >= 0.6 is 0 Å². The van der Waals surface area contributed by atoms with Gasteiger partial charge in [0.2, 0.25) is 0 Å². The molecule has 0 fully saturated rings. The highest BCUT2D eigenvalue weighted by Gasteiger charge is 2.15. The average molecular weight is 423 g/mol. The summed E-state index contributed by atoms with van der Waals surface area (Å²) < 4.78 is 32.6. The highest BCUT2D eigenvalue weighted by molar-refractivity contribution is 7.95. The third-order valence-corrected chi connectivity index (χ3v) is 5.27. The number of methoxy groups -OCH3 is 1. The average Bonchev–Trinajstić information content (AvgIpc) is 2.73. The Kier molecular flexibility index (Phi) is 6.54. The van der Waals surface area contributed by atoms with E-state index in [1.165, 1.54) is 19.3 Å². The minimum Gasteiger partial charge on any atom is -0.497 e. The third-order valence-electron chi connectivity index (χ3n) is 4.27. The fourth-order valence-electron chi connectivity index (χ4n) is 2.70. The van der Waals surface area contributed by atoms with Crippen LogP contribution in [0.1, 0.15) is 21.5 Å². The Morgan fingerprint density at radius 3 is 2.43 bits per heavy atom. The molecule has 3 aromatic carbocycles. The molecule has 0 heterocycles. The molecule has 6 nitrogen and oxygen atoms in total. The third kappa shape index (κ3) is 5.71. The first-order valence-corrected chi connectivity index (χ1v) is 10.7. The van der Waals surface area contributed by atoms with Gasteiger partial charge in [0.1, 0.15) is 5.75 Å². The number of sulfonamides is 1. The number of aryl methyl sites for hydroxylation is 1. The Bertz CT molecular complexity index is 1170. The molecule has 2 N–H and O–H groups in total. The molecule has 0 aliphatic heterocycles. The molecular formula is C23H22N2O4S. The summed E-state index contributed by atoms with van der Waals surface area (Å²) >= 11 is 0. The number of carbonyl (C=O) groups is 1. The topological polar surface area (TPSA) is 84.5 Å². The molecule has 0 aliphatic rings. The number of ether oxygens (including phenoxy) is 1. The van der Waals surface area contributed by atoms with Crippen LogP contribution in [0, 0.1) is 6.92 Å². The van der Waals surface area contributed by atoms with Crippen LogP contribution in [0.3, 0.4) is 0 Å². The van der Waals surface area contributed by atoms with E-state index in [0.29, 0.717) is 11.4 Å². The van der Waals surface area contributed by atoms with Gasteiger partial charge in [0.05, 0.1) is 23.8 Å². The van der Waals surface area contributed by atoms with Crippen LogP contribution < -0.4 is 14.8 Å². The minimum absolute atomic E-state index is 0.187. The van der Waals surface area contributed by atoms with Crippen molar-refractivity contribution in [1.29, 1.82) is 0 Å². The number of benzene rings is 3. The number of hydrogen-bond acceptors (Lipinski definition) is 4. The summed E-state index contributed by atoms with van der Waals surface area (Å²) in [5.41, 5.74) is 2.77. The molecule has 0 saturated carbocycles. The number of carbonyl (C=O) groups excluding carboxylic acids is 1. The molecule has 0 saturated heterocycles. The van der Waals surface area contributed by atoms with Crippen LogP contribution in [0.5, 0.6) is 5.75 Å². The van der Waals surface area contributed by atoms with Crippen LogP contribution in [0.2, 0.25) is 0 Å². The summed E-state index contributed by atoms with van der Waals surface area (Å²) in [5, 5.41) is 3.83. The van der Waals surface area contributed by atoms with Crippen LogP contribution in [0.25, 0.3) is 6.08 Å². The van der Waals surface area contributed by atoms with Crippen molar-refractivity contribution in [3.63, 3.8) is 0 Å². The lowest BCUT2D eigenvalue weighted by Crippen LogP contribution is -2.17. The van der Waals surface area contributed by atoms with Crippen molar-refractivity contribution in [1.82, 2.24) is 0 Å². The van der Waals surface area contributed by atoms with Crippen molar-refractivity contribution in [2.24, 2.45) is 0 Å². The maximum atomic E-state index is 12.7. The van der Waals surface area contributed by atoms with Gasteiger partial charge in [-0.2, -0.15) is 0 Å². The van der Waals surface area contributed by atoms with Crippen LogP contribution in [-0.2, 0) is 10.0 Å². The van der Waals surface area contributed by atoms with Gasteiger partial charge in [-0.25, -0.2) is 8.42 Å². The van der Waals surface area contributed by atoms with Gasteiger partial charge in [0.25, 0.3) is 15.9 Å². The number of amides is 1. The van der Waals surface area contributed by atoms with E-state index < -0.39 is 15.9 Å². The predicted molar refractivity (Wildman–Crippen MR) is 120 cm³/mol. The zero-order chi connectivity index (χ0) is 21.6. The Balaban J connectivity index is 1.78. The Morgan fingerprint density at radius 2 is 1.70 bits per heavy atom. The lowest BCUT2D eigenvalue weighted by molar-refractivity contribution is 0.102. The molecular weight excluding hydrogens is 400 g/mol. The summed E-state index contributed by atoms with van der Waals surface area (Å²) in [7, 11) is -2.28. The number of anilines is 2. The molecule has 3 rings (SSSR count). The molecule has 0 bridgehead atoms. The molecule has 1 amide bonds. The van der Waals surface area contributed by atoms with Gasteiger partial charge in [0, 0.05) is 11.8 Å². The fourth-order valence-corrected chi connectivity index (χ4v) is 3.59. The van der Waals surface area contributed by atoms with Crippen molar-refractivity contribution in [3.8, 4) is 5.75 Å². The van der Waals surface area contributed by atoms with E-state index in [1.54, 1.807) is 42.5 Å². The van der Waals surface area contributed by atoms with E-state index in [-0.39, 0.29) is 11.3 Å². The second-order valence-corrected chi connectivity index (χ2v) is 8.16. The fraction of sp³-hybridized carbons (Fsp3) is 0.0870. The SMILES string of the molecule is COc1cccc(NC(=O)c2ccccc2NS(=O)(=O)/C=C/c2ccc(C)cc2)c1. The first kappa shape index (κ1) is 21.1. The number of rotatable bonds is 7. The van der Waals surface area contributed by atoms with Gasteiger partial charge >= 0.3 is 0 Å². The maximum Gasteiger partial charge on any atom is 0.257 e. The molecule has 154 valence electrons. The van der Waals surface area contributed by atoms with E-state index in [0.717, 1.165) is 16.5 Å². The molecule has 30 heavy (non-hydrogen) atoms. The molecule has 0 unspecified atom stereocenters. The first-order valence-electron chi connectivity index (χ1n) is 9.18. The summed E-state index contributed by atoms with van der Waals surface area (Å²) in [6.45, 7) is 1.96. The maximum absolute atomic E-state index is 12.7. The standard InChI is InChI=1S/C23H22N2O4S/c1-17-10-12-18(13-11-17)14-15-30(27,28)25-22-9-4-3-8-21(22)23(26)24-19-6-5-7-20(16-19)29-2/h3-16,25H,1-2H3,(H,24,26)/b15-14+. The molecule has 3 aromatic rings. The van der Waals surface area contributed by atoms with Gasteiger partial charge in [-0.15, -0.1) is 0 Å². The summed E-state index contributed by atoms with van der Waals surface area (Å²) in [5.74, 6) is 0.159. The first-order chi connectivity index (χ1) is 14.4. The lowest BCUT2D eigenvalue weighted by atomic mass is 10.1. The van der Waals surface area contributed by atoms with Crippen LogP contribution in [-0.4, -0.2) is 21.4 Å². The van der Waals surface area contributed by atoms with Gasteiger partial charge in [-0.05, 0) is 42.8 Å². The van der Waals surface area contributed by atoms with Crippen molar-refractivity contribution in [3.05, 3.63) is 94.9 Å². The number of hydrogen-bond donors (Lipinski definition) is 2. The van der Waals surface area contributed by atoms with Gasteiger partial charge < -0.3 is 10.1 Å². The smallest absolute Gasteiger partial charge is 0.257 e. The van der Waals surface area contributed by atoms with Crippen molar-refractivity contribution in [2.45, 2.75) is 6.92 Å². The van der Waals surface area contributed by atoms with E-state index in [9.17, 15) is 13.2 Å². The normalized spacial score (nSPS) is 11.3. The highest BCUT2D eigenvalue weighted by Crippen LogP contribution is 2.21. The van der Waals surface area contributed by atoms with E-state index in [4.69, 9.17) is 4.74 Å². The number of para-hydroxylation sites is 1. The molecule has 0 spiro atoms. The quantitative estimate of drug-likeness (QED) is 0.580. The highest BCUT2D eigenvalue weighted by atomic mass is 32.2. The second-order valence-electron chi connectivity index (χ2n) is 6.59.